The van der Waals surface area contributed by atoms with Gasteiger partial charge in [-0.2, -0.15) is 11.3 Å². The largest absolute Gasteiger partial charge is 0.368 e. The molecule has 1 N–H and O–H groups in total. The summed E-state index contributed by atoms with van der Waals surface area (Å²) in [6.45, 7) is 32.0. The molecule has 220 valence electrons. The zero-order chi connectivity index (χ0) is 30.8. The zero-order valence-electron chi connectivity index (χ0n) is 27.4. The summed E-state index contributed by atoms with van der Waals surface area (Å²) in [5, 5.41) is 6.01. The van der Waals surface area contributed by atoms with Crippen LogP contribution in [0.3, 0.4) is 0 Å². The Hall–Kier alpha value is -2.24. The fraction of sp³-hybridized carbons (Fsp3) is 0.500. The van der Waals surface area contributed by atoms with E-state index in [1.54, 1.807) is 46.8 Å². The highest BCUT2D eigenvalue weighted by molar-refractivity contribution is 7.07. The summed E-state index contributed by atoms with van der Waals surface area (Å²) < 4.78 is 0. The van der Waals surface area contributed by atoms with E-state index in [1.165, 1.54) is 0 Å². The highest BCUT2D eigenvalue weighted by Crippen LogP contribution is 1.91. The summed E-state index contributed by atoms with van der Waals surface area (Å²) >= 11 is 3.31. The second-order valence-corrected chi connectivity index (χ2v) is 4.95. The third-order valence-corrected chi connectivity index (χ3v) is 2.99. The first kappa shape index (κ1) is 55.3. The van der Waals surface area contributed by atoms with Gasteiger partial charge in [0.15, 0.2) is 0 Å². The molecular formula is C32H65N3S2. The van der Waals surface area contributed by atoms with Gasteiger partial charge in [0, 0.05) is 36.4 Å². The normalized spacial score (nSPS) is 5.84. The molecular weight excluding hydrogens is 491 g/mol. The molecule has 0 amide bonds. The van der Waals surface area contributed by atoms with Gasteiger partial charge in [0.2, 0.25) is 0 Å². The number of hydrogen-bond donors (Lipinski definition) is 1. The molecule has 4 heterocycles. The molecule has 37 heavy (non-hydrogen) atoms. The van der Waals surface area contributed by atoms with Crippen molar-refractivity contribution in [3.63, 3.8) is 0 Å². The molecule has 0 saturated carbocycles. The van der Waals surface area contributed by atoms with Gasteiger partial charge in [-0.1, -0.05) is 129 Å². The second kappa shape index (κ2) is 103. The van der Waals surface area contributed by atoms with Gasteiger partial charge in [0.05, 0.1) is 5.51 Å². The first-order valence-electron chi connectivity index (χ1n) is 14.2. The fourth-order valence-corrected chi connectivity index (χ4v) is 1.80. The van der Waals surface area contributed by atoms with Crippen LogP contribution in [0.15, 0.2) is 95.1 Å². The minimum atomic E-state index is 1.60. The molecule has 3 nitrogen and oxygen atoms in total. The van der Waals surface area contributed by atoms with E-state index in [2.05, 4.69) is 15.0 Å². The van der Waals surface area contributed by atoms with Gasteiger partial charge in [-0.3, -0.25) is 9.97 Å². The first-order valence-corrected chi connectivity index (χ1v) is 16.1. The maximum Gasteiger partial charge on any atom is 0.0791 e. The molecule has 0 aliphatic heterocycles. The van der Waals surface area contributed by atoms with Crippen LogP contribution in [-0.2, 0) is 0 Å². The number of aromatic amines is 1. The minimum Gasteiger partial charge on any atom is -0.368 e. The molecule has 0 fully saturated rings. The van der Waals surface area contributed by atoms with Crippen molar-refractivity contribution in [2.75, 3.05) is 0 Å². The van der Waals surface area contributed by atoms with Gasteiger partial charge in [-0.05, 0) is 35.0 Å². The molecule has 4 aromatic heterocycles. The summed E-state index contributed by atoms with van der Waals surface area (Å²) in [5.41, 5.74) is 1.79. The van der Waals surface area contributed by atoms with Crippen molar-refractivity contribution in [3.8, 4) is 0 Å². The summed E-state index contributed by atoms with van der Waals surface area (Å²) in [6.07, 6.45) is 9.02. The summed E-state index contributed by atoms with van der Waals surface area (Å²) in [6, 6.07) is 13.6. The van der Waals surface area contributed by atoms with Gasteiger partial charge in [0.25, 0.3) is 0 Å². The molecule has 0 bridgehead atoms. The van der Waals surface area contributed by atoms with Crippen molar-refractivity contribution in [3.05, 3.63) is 95.1 Å². The van der Waals surface area contributed by atoms with Crippen LogP contribution in [0, 0.1) is 0 Å². The third kappa shape index (κ3) is 96.8. The number of nitrogens with one attached hydrogen (secondary N) is 1. The molecule has 5 heteroatoms. The van der Waals surface area contributed by atoms with Gasteiger partial charge in [0.1, 0.15) is 0 Å². The minimum absolute atomic E-state index is 1.60. The molecule has 0 atom stereocenters. The predicted octanol–water partition coefficient (Wildman–Crippen LogP) is 13.2. The van der Waals surface area contributed by atoms with E-state index in [0.717, 1.165) is 0 Å². The van der Waals surface area contributed by atoms with E-state index < -0.39 is 0 Å². The van der Waals surface area contributed by atoms with Crippen molar-refractivity contribution in [1.82, 2.24) is 15.0 Å². The van der Waals surface area contributed by atoms with Crippen molar-refractivity contribution >= 4 is 22.7 Å². The summed E-state index contributed by atoms with van der Waals surface area (Å²) in [5.74, 6) is 0. The highest BCUT2D eigenvalue weighted by Gasteiger charge is 1.60. The molecule has 0 unspecified atom stereocenters. The Morgan fingerprint density at radius 2 is 0.784 bits per heavy atom. The van der Waals surface area contributed by atoms with Crippen LogP contribution in [0.4, 0.5) is 0 Å². The third-order valence-electron chi connectivity index (χ3n) is 1.84. The number of rotatable bonds is 0. The quantitative estimate of drug-likeness (QED) is 0.234. The number of thiazole rings is 1. The summed E-state index contributed by atoms with van der Waals surface area (Å²) in [4.78, 5) is 10.4. The zero-order valence-corrected chi connectivity index (χ0v) is 29.1. The van der Waals surface area contributed by atoms with Crippen LogP contribution < -0.4 is 0 Å². The lowest BCUT2D eigenvalue weighted by Crippen LogP contribution is -1.58. The van der Waals surface area contributed by atoms with Crippen LogP contribution in [0.25, 0.3) is 0 Å². The maximum absolute atomic E-state index is 3.78. The SMILES string of the molecule is CC.CC.CC.CC.CC.CC.CC.CC.c1cc[nH]c1.c1ccncc1.c1ccsc1.c1cscn1. The lowest BCUT2D eigenvalue weighted by atomic mass is 10.5. The monoisotopic (exact) mass is 555 g/mol. The molecule has 0 aliphatic rings. The van der Waals surface area contributed by atoms with Gasteiger partial charge < -0.3 is 4.98 Å². The van der Waals surface area contributed by atoms with Gasteiger partial charge in [-0.25, -0.2) is 0 Å². The van der Waals surface area contributed by atoms with E-state index in [9.17, 15) is 0 Å². The number of hydrogen-bond acceptors (Lipinski definition) is 4. The van der Waals surface area contributed by atoms with Crippen molar-refractivity contribution in [2.24, 2.45) is 0 Å². The van der Waals surface area contributed by atoms with Crippen molar-refractivity contribution in [2.45, 2.75) is 111 Å². The number of aromatic nitrogens is 3. The topological polar surface area (TPSA) is 41.6 Å². The van der Waals surface area contributed by atoms with Crippen LogP contribution in [0.1, 0.15) is 111 Å². The Bertz CT molecular complexity index is 425. The Kier molecular flexibility index (Phi) is 154. The second-order valence-electron chi connectivity index (χ2n) is 3.38. The Morgan fingerprint density at radius 3 is 0.892 bits per heavy atom. The van der Waals surface area contributed by atoms with E-state index in [0.29, 0.717) is 0 Å². The van der Waals surface area contributed by atoms with E-state index >= 15 is 0 Å². The van der Waals surface area contributed by atoms with Crippen molar-refractivity contribution in [1.29, 1.82) is 0 Å². The highest BCUT2D eigenvalue weighted by atomic mass is 32.1. The Morgan fingerprint density at radius 1 is 0.378 bits per heavy atom. The molecule has 4 rings (SSSR count). The average Bonchev–Trinajstić information content (AvgIpc) is 3.90. The Labute approximate surface area is 242 Å². The van der Waals surface area contributed by atoms with Crippen LogP contribution in [0.5, 0.6) is 0 Å². The molecule has 0 aromatic carbocycles. The molecule has 0 spiro atoms. The fourth-order valence-electron chi connectivity index (χ4n) is 0.993. The predicted molar refractivity (Wildman–Crippen MR) is 182 cm³/mol. The van der Waals surface area contributed by atoms with Crippen LogP contribution >= 0.6 is 22.7 Å². The van der Waals surface area contributed by atoms with Gasteiger partial charge >= 0.3 is 0 Å². The van der Waals surface area contributed by atoms with E-state index in [-0.39, 0.29) is 0 Å². The summed E-state index contributed by atoms with van der Waals surface area (Å²) in [7, 11) is 0. The number of thiophene rings is 1. The first-order chi connectivity index (χ1) is 18.5. The average molecular weight is 556 g/mol. The maximum atomic E-state index is 3.78. The number of nitrogens with zero attached hydrogens (tertiary/aromatic N) is 2. The standard InChI is InChI=1S/C5H5N.C4H5N.C4H4S.C3H3NS.8C2H6/c1-2-4-6-5-3-1;2*1-2-4-5-3-1;1-2-5-3-4-1;8*1-2/h1-5H;1-5H;1-4H;1-3H;8*1-2H3. The molecule has 0 radical (unpaired) electrons. The lowest BCUT2D eigenvalue weighted by molar-refractivity contribution is 1.33. The van der Waals surface area contributed by atoms with Crippen molar-refractivity contribution < 1.29 is 0 Å². The Balaban J connectivity index is -0.0000000431. The van der Waals surface area contributed by atoms with E-state index in [4.69, 9.17) is 0 Å². The number of pyridine rings is 1. The molecule has 0 aliphatic carbocycles. The number of H-pyrrole nitrogens is 1. The van der Waals surface area contributed by atoms with E-state index in [1.807, 2.05) is 182 Å². The smallest absolute Gasteiger partial charge is 0.0791 e. The lowest BCUT2D eigenvalue weighted by Gasteiger charge is -1.70. The van der Waals surface area contributed by atoms with Gasteiger partial charge in [-0.15, -0.1) is 11.3 Å². The van der Waals surface area contributed by atoms with Crippen LogP contribution in [0.2, 0.25) is 0 Å². The van der Waals surface area contributed by atoms with Crippen LogP contribution in [-0.4, -0.2) is 15.0 Å². The molecule has 0 saturated heterocycles. The molecule has 4 aromatic rings.